The van der Waals surface area contributed by atoms with Crippen molar-refractivity contribution in [1.29, 1.82) is 0 Å². The molecule has 0 radical (unpaired) electrons. The normalized spacial score (nSPS) is 14.6. The minimum absolute atomic E-state index is 0.0201. The maximum atomic E-state index is 12.7. The molecule has 5 heteroatoms. The van der Waals surface area contributed by atoms with Crippen molar-refractivity contribution >= 4 is 16.8 Å². The molecule has 3 nitrogen and oxygen atoms in total. The number of rotatable bonds is 5. The fourth-order valence-corrected chi connectivity index (χ4v) is 3.36. The van der Waals surface area contributed by atoms with Crippen molar-refractivity contribution in [2.75, 3.05) is 0 Å². The highest BCUT2D eigenvalue weighted by Gasteiger charge is 2.22. The molecule has 1 aromatic heterocycles. The second-order valence-electron chi connectivity index (χ2n) is 6.83. The monoisotopic (exact) mass is 354 g/mol. The number of carbonyl (C=O) groups excluding carboxylic acids is 1. The molecule has 1 saturated carbocycles. The predicted octanol–water partition coefficient (Wildman–Crippen LogP) is 4.91. The zero-order valence-electron chi connectivity index (χ0n) is 14.3. The molecule has 3 aromatic rings. The van der Waals surface area contributed by atoms with Crippen LogP contribution < -0.4 is 5.32 Å². The summed E-state index contributed by atoms with van der Waals surface area (Å²) in [4.78, 5) is 12.7. The van der Waals surface area contributed by atoms with Gasteiger partial charge in [-0.05, 0) is 37.0 Å². The summed E-state index contributed by atoms with van der Waals surface area (Å²) < 4.78 is 27.4. The highest BCUT2D eigenvalue weighted by molar-refractivity contribution is 6.06. The van der Waals surface area contributed by atoms with Gasteiger partial charge in [-0.25, -0.2) is 8.78 Å². The molecule has 1 aliphatic carbocycles. The molecule has 0 saturated heterocycles. The number of alkyl halides is 2. The fraction of sp³-hybridized carbons (Fsp3) is 0.286. The maximum absolute atomic E-state index is 12.7. The second kappa shape index (κ2) is 6.90. The minimum Gasteiger partial charge on any atom is -0.349 e. The Morgan fingerprint density at radius 1 is 1.12 bits per heavy atom. The van der Waals surface area contributed by atoms with Gasteiger partial charge in [0.2, 0.25) is 0 Å². The van der Waals surface area contributed by atoms with Crippen molar-refractivity contribution in [3.05, 3.63) is 71.4 Å². The van der Waals surface area contributed by atoms with Crippen LogP contribution in [0.25, 0.3) is 10.9 Å². The first kappa shape index (κ1) is 16.8. The number of hydrogen-bond acceptors (Lipinski definition) is 1. The topological polar surface area (TPSA) is 34.0 Å². The lowest BCUT2D eigenvalue weighted by Crippen LogP contribution is -2.39. The number of aromatic nitrogens is 1. The third kappa shape index (κ3) is 3.21. The maximum Gasteiger partial charge on any atom is 0.263 e. The first-order valence-corrected chi connectivity index (χ1v) is 8.87. The Kier molecular flexibility index (Phi) is 4.45. The number of nitrogens with one attached hydrogen (secondary N) is 1. The summed E-state index contributed by atoms with van der Waals surface area (Å²) in [5, 5.41) is 4.09. The summed E-state index contributed by atoms with van der Waals surface area (Å²) in [6.45, 7) is 0.529. The molecule has 0 unspecified atom stereocenters. The van der Waals surface area contributed by atoms with Gasteiger partial charge in [0.25, 0.3) is 12.3 Å². The van der Waals surface area contributed by atoms with E-state index in [1.54, 1.807) is 12.1 Å². The van der Waals surface area contributed by atoms with Crippen molar-refractivity contribution < 1.29 is 13.6 Å². The Balaban J connectivity index is 1.63. The van der Waals surface area contributed by atoms with E-state index in [0.29, 0.717) is 12.1 Å². The van der Waals surface area contributed by atoms with Gasteiger partial charge in [-0.3, -0.25) is 4.79 Å². The molecule has 0 aliphatic heterocycles. The van der Waals surface area contributed by atoms with Crippen LogP contribution in [0.4, 0.5) is 8.78 Å². The molecule has 26 heavy (non-hydrogen) atoms. The lowest BCUT2D eigenvalue weighted by molar-refractivity contribution is 0.0918. The molecule has 1 heterocycles. The van der Waals surface area contributed by atoms with E-state index in [9.17, 15) is 13.6 Å². The average Bonchev–Trinajstić information content (AvgIpc) is 3.01. The van der Waals surface area contributed by atoms with E-state index in [4.69, 9.17) is 0 Å². The molecule has 1 fully saturated rings. The number of hydrogen-bond donors (Lipinski definition) is 1. The molecule has 0 bridgehead atoms. The molecule has 1 amide bonds. The quantitative estimate of drug-likeness (QED) is 0.694. The number of amides is 1. The molecular weight excluding hydrogens is 334 g/mol. The summed E-state index contributed by atoms with van der Waals surface area (Å²) in [5.41, 5.74) is 2.47. The van der Waals surface area contributed by atoms with E-state index in [2.05, 4.69) is 5.32 Å². The summed E-state index contributed by atoms with van der Waals surface area (Å²) in [7, 11) is 0. The fourth-order valence-electron chi connectivity index (χ4n) is 3.36. The van der Waals surface area contributed by atoms with Crippen molar-refractivity contribution in [3.8, 4) is 0 Å². The first-order chi connectivity index (χ1) is 12.6. The molecule has 0 atom stereocenters. The highest BCUT2D eigenvalue weighted by atomic mass is 19.3. The summed E-state index contributed by atoms with van der Waals surface area (Å²) >= 11 is 0. The van der Waals surface area contributed by atoms with Crippen LogP contribution >= 0.6 is 0 Å². The Hall–Kier alpha value is -2.69. The van der Waals surface area contributed by atoms with Gasteiger partial charge < -0.3 is 9.88 Å². The standard InChI is InChI=1S/C21H20F2N2O/c22-20(23)16-9-7-14(8-10-16)13-25-12-11-15-3-1-6-18(19(15)25)21(26)24-17-4-2-5-17/h1,3,6-12,17,20H,2,4-5,13H2,(H,24,26). The van der Waals surface area contributed by atoms with E-state index in [-0.39, 0.29) is 17.5 Å². The molecule has 1 aliphatic rings. The van der Waals surface area contributed by atoms with Crippen LogP contribution in [0, 0.1) is 0 Å². The number of para-hydroxylation sites is 1. The summed E-state index contributed by atoms with van der Waals surface area (Å²) in [6.07, 6.45) is 2.72. The number of nitrogens with zero attached hydrogens (tertiary/aromatic N) is 1. The number of fused-ring (bicyclic) bond motifs is 1. The Bertz CT molecular complexity index is 927. The number of halogens is 2. The van der Waals surface area contributed by atoms with E-state index in [1.807, 2.05) is 35.0 Å². The first-order valence-electron chi connectivity index (χ1n) is 8.87. The van der Waals surface area contributed by atoms with Gasteiger partial charge in [-0.1, -0.05) is 36.4 Å². The molecule has 0 spiro atoms. The van der Waals surface area contributed by atoms with Gasteiger partial charge in [0.05, 0.1) is 11.1 Å². The van der Waals surface area contributed by atoms with Gasteiger partial charge in [0.15, 0.2) is 0 Å². The summed E-state index contributed by atoms with van der Waals surface area (Å²) in [5.74, 6) is -0.0479. The smallest absolute Gasteiger partial charge is 0.263 e. The summed E-state index contributed by atoms with van der Waals surface area (Å²) in [6, 6.07) is 14.3. The van der Waals surface area contributed by atoms with E-state index < -0.39 is 6.43 Å². The lowest BCUT2D eigenvalue weighted by Gasteiger charge is -2.26. The van der Waals surface area contributed by atoms with Crippen LogP contribution in [0.3, 0.4) is 0 Å². The zero-order chi connectivity index (χ0) is 18.1. The van der Waals surface area contributed by atoms with E-state index in [0.717, 1.165) is 29.3 Å². The van der Waals surface area contributed by atoms with Gasteiger partial charge >= 0.3 is 0 Å². The molecule has 134 valence electrons. The van der Waals surface area contributed by atoms with Gasteiger partial charge in [-0.15, -0.1) is 0 Å². The van der Waals surface area contributed by atoms with Crippen LogP contribution in [0.2, 0.25) is 0 Å². The predicted molar refractivity (Wildman–Crippen MR) is 97.5 cm³/mol. The van der Waals surface area contributed by atoms with Crippen LogP contribution in [-0.4, -0.2) is 16.5 Å². The van der Waals surface area contributed by atoms with Crippen LogP contribution in [-0.2, 0) is 6.54 Å². The van der Waals surface area contributed by atoms with Crippen molar-refractivity contribution in [3.63, 3.8) is 0 Å². The lowest BCUT2D eigenvalue weighted by atomic mass is 9.93. The number of carbonyl (C=O) groups is 1. The SMILES string of the molecule is O=C(NC1CCC1)c1cccc2ccn(Cc3ccc(C(F)F)cc3)c12. The Morgan fingerprint density at radius 2 is 1.88 bits per heavy atom. The largest absolute Gasteiger partial charge is 0.349 e. The highest BCUT2D eigenvalue weighted by Crippen LogP contribution is 2.24. The van der Waals surface area contributed by atoms with E-state index in [1.165, 1.54) is 18.6 Å². The molecule has 2 aromatic carbocycles. The Labute approximate surface area is 150 Å². The van der Waals surface area contributed by atoms with Crippen LogP contribution in [0.5, 0.6) is 0 Å². The van der Waals surface area contributed by atoms with Crippen LogP contribution in [0.1, 0.15) is 47.2 Å². The van der Waals surface area contributed by atoms with Crippen molar-refractivity contribution in [2.45, 2.75) is 38.3 Å². The minimum atomic E-state index is -2.46. The van der Waals surface area contributed by atoms with Crippen molar-refractivity contribution in [2.24, 2.45) is 0 Å². The Morgan fingerprint density at radius 3 is 2.54 bits per heavy atom. The average molecular weight is 354 g/mol. The third-order valence-electron chi connectivity index (χ3n) is 5.06. The van der Waals surface area contributed by atoms with E-state index >= 15 is 0 Å². The number of benzene rings is 2. The molecule has 1 N–H and O–H groups in total. The van der Waals surface area contributed by atoms with Gasteiger partial charge in [0.1, 0.15) is 0 Å². The van der Waals surface area contributed by atoms with Crippen molar-refractivity contribution in [1.82, 2.24) is 9.88 Å². The molecular formula is C21H20F2N2O. The second-order valence-corrected chi connectivity index (χ2v) is 6.83. The van der Waals surface area contributed by atoms with Gasteiger partial charge in [0, 0.05) is 29.7 Å². The third-order valence-corrected chi connectivity index (χ3v) is 5.06. The van der Waals surface area contributed by atoms with Gasteiger partial charge in [-0.2, -0.15) is 0 Å². The zero-order valence-corrected chi connectivity index (χ0v) is 14.3. The molecule has 4 rings (SSSR count). The van der Waals surface area contributed by atoms with Crippen LogP contribution in [0.15, 0.2) is 54.7 Å².